The molecule has 0 saturated heterocycles. The molecule has 3 aromatic rings. The van der Waals surface area contributed by atoms with E-state index in [1.165, 1.54) is 7.11 Å². The number of ether oxygens (including phenoxy) is 1. The molecule has 0 spiro atoms. The SMILES string of the molecule is COC(=O)C1CC2=C(CN1C(=O)C(c1ccccc1)c1ccccc1)N(CC(=O)c1ccccc1)CN2. The van der Waals surface area contributed by atoms with E-state index in [0.29, 0.717) is 18.7 Å². The zero-order valence-electron chi connectivity index (χ0n) is 20.7. The van der Waals surface area contributed by atoms with Crippen LogP contribution in [0.2, 0.25) is 0 Å². The van der Waals surface area contributed by atoms with Crippen molar-refractivity contribution in [3.63, 3.8) is 0 Å². The molecule has 1 amide bonds. The summed E-state index contributed by atoms with van der Waals surface area (Å²) in [6.07, 6.45) is 0.306. The highest BCUT2D eigenvalue weighted by Gasteiger charge is 2.42. The molecule has 1 unspecified atom stereocenters. The molecule has 37 heavy (non-hydrogen) atoms. The maximum absolute atomic E-state index is 14.3. The van der Waals surface area contributed by atoms with Gasteiger partial charge in [0.1, 0.15) is 6.04 Å². The lowest BCUT2D eigenvalue weighted by Gasteiger charge is -2.38. The van der Waals surface area contributed by atoms with Gasteiger partial charge in [-0.15, -0.1) is 0 Å². The molecule has 0 aromatic heterocycles. The third-order valence-electron chi connectivity index (χ3n) is 7.01. The Balaban J connectivity index is 1.47. The topological polar surface area (TPSA) is 79.0 Å². The summed E-state index contributed by atoms with van der Waals surface area (Å²) in [4.78, 5) is 43.6. The van der Waals surface area contributed by atoms with Crippen LogP contribution in [0.25, 0.3) is 0 Å². The summed E-state index contributed by atoms with van der Waals surface area (Å²) in [5.74, 6) is -1.22. The van der Waals surface area contributed by atoms with Crippen molar-refractivity contribution in [2.75, 3.05) is 26.9 Å². The molecule has 0 fully saturated rings. The van der Waals surface area contributed by atoms with E-state index in [1.54, 1.807) is 17.0 Å². The van der Waals surface area contributed by atoms with E-state index in [4.69, 9.17) is 4.74 Å². The number of amides is 1. The van der Waals surface area contributed by atoms with E-state index >= 15 is 0 Å². The summed E-state index contributed by atoms with van der Waals surface area (Å²) in [6.45, 7) is 0.834. The lowest BCUT2D eigenvalue weighted by Crippen LogP contribution is -2.52. The van der Waals surface area contributed by atoms with Gasteiger partial charge in [0.15, 0.2) is 5.78 Å². The van der Waals surface area contributed by atoms with Gasteiger partial charge in [0.2, 0.25) is 5.91 Å². The average Bonchev–Trinajstić information content (AvgIpc) is 3.35. The van der Waals surface area contributed by atoms with Gasteiger partial charge in [-0.05, 0) is 11.1 Å². The standard InChI is InChI=1S/C30H29N3O4/c1-37-30(36)25-17-24-26(32(20-31-24)19-27(34)21-11-5-2-6-12-21)18-33(25)29(35)28(22-13-7-3-8-14-22)23-15-9-4-10-16-23/h2-16,25,28,31H,17-20H2,1H3. The minimum atomic E-state index is -0.761. The number of nitrogens with one attached hydrogen (secondary N) is 1. The van der Waals surface area contributed by atoms with E-state index in [9.17, 15) is 14.4 Å². The van der Waals surface area contributed by atoms with Crippen molar-refractivity contribution in [1.29, 1.82) is 0 Å². The normalized spacial score (nSPS) is 16.9. The summed E-state index contributed by atoms with van der Waals surface area (Å²) in [7, 11) is 1.34. The molecule has 7 nitrogen and oxygen atoms in total. The number of benzene rings is 3. The van der Waals surface area contributed by atoms with Crippen LogP contribution in [0.5, 0.6) is 0 Å². The van der Waals surface area contributed by atoms with Gasteiger partial charge in [-0.2, -0.15) is 0 Å². The van der Waals surface area contributed by atoms with Crippen molar-refractivity contribution in [3.8, 4) is 0 Å². The molecule has 2 heterocycles. The van der Waals surface area contributed by atoms with Crippen LogP contribution in [0.4, 0.5) is 0 Å². The van der Waals surface area contributed by atoms with Crippen LogP contribution in [0, 0.1) is 0 Å². The Morgan fingerprint density at radius 3 is 2.03 bits per heavy atom. The van der Waals surface area contributed by atoms with Gasteiger partial charge in [-0.3, -0.25) is 9.59 Å². The number of hydrogen-bond acceptors (Lipinski definition) is 6. The number of carbonyl (C=O) groups is 3. The van der Waals surface area contributed by atoms with Crippen LogP contribution in [0.15, 0.2) is 102 Å². The van der Waals surface area contributed by atoms with Crippen LogP contribution in [-0.2, 0) is 14.3 Å². The lowest BCUT2D eigenvalue weighted by molar-refractivity contribution is -0.153. The molecule has 1 N–H and O–H groups in total. The highest BCUT2D eigenvalue weighted by atomic mass is 16.5. The quantitative estimate of drug-likeness (QED) is 0.399. The van der Waals surface area contributed by atoms with Crippen LogP contribution in [0.1, 0.15) is 33.8 Å². The predicted molar refractivity (Wildman–Crippen MR) is 139 cm³/mol. The fourth-order valence-electron chi connectivity index (χ4n) is 5.09. The molecule has 0 saturated carbocycles. The number of rotatable bonds is 7. The minimum absolute atomic E-state index is 0.00411. The summed E-state index contributed by atoms with van der Waals surface area (Å²) >= 11 is 0. The molecule has 3 aromatic carbocycles. The molecule has 2 aliphatic rings. The lowest BCUT2D eigenvalue weighted by atomic mass is 9.88. The van der Waals surface area contributed by atoms with Crippen molar-refractivity contribution in [3.05, 3.63) is 119 Å². The van der Waals surface area contributed by atoms with Crippen LogP contribution < -0.4 is 5.32 Å². The summed E-state index contributed by atoms with van der Waals surface area (Å²) in [5.41, 5.74) is 4.07. The molecular formula is C30H29N3O4. The van der Waals surface area contributed by atoms with Crippen molar-refractivity contribution >= 4 is 17.7 Å². The van der Waals surface area contributed by atoms with Crippen LogP contribution in [0.3, 0.4) is 0 Å². The summed E-state index contributed by atoms with van der Waals surface area (Å²) in [5, 5.41) is 3.33. The molecule has 0 radical (unpaired) electrons. The van der Waals surface area contributed by atoms with Crippen LogP contribution in [-0.4, -0.2) is 60.4 Å². The first-order valence-corrected chi connectivity index (χ1v) is 12.3. The van der Waals surface area contributed by atoms with E-state index < -0.39 is 17.9 Å². The fraction of sp³-hybridized carbons (Fsp3) is 0.233. The average molecular weight is 496 g/mol. The molecule has 1 atom stereocenters. The Morgan fingerprint density at radius 1 is 0.892 bits per heavy atom. The van der Waals surface area contributed by atoms with Crippen molar-refractivity contribution in [1.82, 2.24) is 15.1 Å². The van der Waals surface area contributed by atoms with Gasteiger partial charge in [0.25, 0.3) is 0 Å². The van der Waals surface area contributed by atoms with E-state index in [1.807, 2.05) is 83.8 Å². The number of carbonyl (C=O) groups excluding carboxylic acids is 3. The smallest absolute Gasteiger partial charge is 0.328 e. The van der Waals surface area contributed by atoms with Gasteiger partial charge in [0, 0.05) is 17.7 Å². The van der Waals surface area contributed by atoms with Gasteiger partial charge in [-0.1, -0.05) is 91.0 Å². The monoisotopic (exact) mass is 495 g/mol. The molecule has 188 valence electrons. The largest absolute Gasteiger partial charge is 0.467 e. The first-order chi connectivity index (χ1) is 18.1. The molecule has 0 aliphatic carbocycles. The van der Waals surface area contributed by atoms with Gasteiger partial charge in [-0.25, -0.2) is 4.79 Å². The Kier molecular flexibility index (Phi) is 7.03. The second-order valence-corrected chi connectivity index (χ2v) is 9.21. The first kappa shape index (κ1) is 24.3. The maximum atomic E-state index is 14.3. The highest BCUT2D eigenvalue weighted by Crippen LogP contribution is 2.34. The van der Waals surface area contributed by atoms with Crippen molar-refractivity contribution in [2.24, 2.45) is 0 Å². The zero-order valence-corrected chi connectivity index (χ0v) is 20.7. The Labute approximate surface area is 216 Å². The van der Waals surface area contributed by atoms with Gasteiger partial charge in [0.05, 0.1) is 38.5 Å². The second-order valence-electron chi connectivity index (χ2n) is 9.21. The Morgan fingerprint density at radius 2 is 1.46 bits per heavy atom. The minimum Gasteiger partial charge on any atom is -0.467 e. The first-order valence-electron chi connectivity index (χ1n) is 12.3. The number of esters is 1. The zero-order chi connectivity index (χ0) is 25.8. The molecular weight excluding hydrogens is 466 g/mol. The number of methoxy groups -OCH3 is 1. The van der Waals surface area contributed by atoms with E-state index in [-0.39, 0.29) is 24.8 Å². The maximum Gasteiger partial charge on any atom is 0.328 e. The highest BCUT2D eigenvalue weighted by molar-refractivity contribution is 5.98. The van der Waals surface area contributed by atoms with Crippen LogP contribution >= 0.6 is 0 Å². The third-order valence-corrected chi connectivity index (χ3v) is 7.01. The number of ketones is 1. The van der Waals surface area contributed by atoms with Gasteiger partial charge < -0.3 is 19.9 Å². The summed E-state index contributed by atoms with van der Waals surface area (Å²) < 4.78 is 5.11. The van der Waals surface area contributed by atoms with E-state index in [0.717, 1.165) is 22.5 Å². The molecule has 2 aliphatic heterocycles. The van der Waals surface area contributed by atoms with Crippen molar-refractivity contribution in [2.45, 2.75) is 18.4 Å². The van der Waals surface area contributed by atoms with E-state index in [2.05, 4.69) is 5.32 Å². The fourth-order valence-corrected chi connectivity index (χ4v) is 5.09. The molecule has 5 rings (SSSR count). The van der Waals surface area contributed by atoms with Gasteiger partial charge >= 0.3 is 5.97 Å². The third kappa shape index (κ3) is 4.98. The second kappa shape index (κ2) is 10.7. The predicted octanol–water partition coefficient (Wildman–Crippen LogP) is 3.55. The number of nitrogens with zero attached hydrogens (tertiary/aromatic N) is 2. The number of hydrogen-bond donors (Lipinski definition) is 1. The summed E-state index contributed by atoms with van der Waals surface area (Å²) in [6, 6.07) is 27.6. The number of Topliss-reactive ketones (excluding diaryl/α,β-unsaturated/α-hetero) is 1. The van der Waals surface area contributed by atoms with Crippen molar-refractivity contribution < 1.29 is 19.1 Å². The Bertz CT molecular complexity index is 1270. The molecule has 0 bridgehead atoms. The molecule has 7 heteroatoms. The Hall–Kier alpha value is -4.39.